The zero-order valence-corrected chi connectivity index (χ0v) is 12.2. The van der Waals surface area contributed by atoms with Gasteiger partial charge in [-0.05, 0) is 31.3 Å². The number of thiophene rings is 1. The van der Waals surface area contributed by atoms with E-state index in [1.54, 1.807) is 11.3 Å². The van der Waals surface area contributed by atoms with Gasteiger partial charge in [-0.15, -0.1) is 11.3 Å². The number of hydrogen-bond acceptors (Lipinski definition) is 5. The summed E-state index contributed by atoms with van der Waals surface area (Å²) in [5.41, 5.74) is 6.09. The summed E-state index contributed by atoms with van der Waals surface area (Å²) in [5.74, 6) is 0.557. The summed E-state index contributed by atoms with van der Waals surface area (Å²) in [6.45, 7) is 3.39. The molecule has 0 aromatic carbocycles. The fraction of sp³-hybridized carbons (Fsp3) is 0.667. The molecule has 0 bridgehead atoms. The minimum absolute atomic E-state index is 0.00412. The summed E-state index contributed by atoms with van der Waals surface area (Å²) in [6, 6.07) is 4.24. The average Bonchev–Trinajstić information content (AvgIpc) is 2.72. The lowest BCUT2D eigenvalue weighted by molar-refractivity contribution is 0.193. The minimum atomic E-state index is -2.86. The number of nitrogens with two attached hydrogens (primary N) is 1. The van der Waals surface area contributed by atoms with E-state index in [9.17, 15) is 8.42 Å². The van der Waals surface area contributed by atoms with Crippen molar-refractivity contribution in [2.45, 2.75) is 25.4 Å². The molecule has 1 aromatic heterocycles. The van der Waals surface area contributed by atoms with E-state index in [0.717, 1.165) is 6.54 Å². The predicted molar refractivity (Wildman–Crippen MR) is 75.6 cm³/mol. The van der Waals surface area contributed by atoms with Crippen molar-refractivity contribution in [2.75, 3.05) is 24.6 Å². The molecule has 0 radical (unpaired) electrons. The van der Waals surface area contributed by atoms with E-state index in [1.807, 2.05) is 18.4 Å². The quantitative estimate of drug-likeness (QED) is 0.909. The van der Waals surface area contributed by atoms with Crippen LogP contribution in [0.5, 0.6) is 0 Å². The van der Waals surface area contributed by atoms with Crippen molar-refractivity contribution >= 4 is 21.2 Å². The highest BCUT2D eigenvalue weighted by atomic mass is 32.2. The molecule has 4 nitrogen and oxygen atoms in total. The lowest BCUT2D eigenvalue weighted by Gasteiger charge is -2.32. The first-order valence-corrected chi connectivity index (χ1v) is 8.93. The molecule has 0 spiro atoms. The third kappa shape index (κ3) is 3.32. The van der Waals surface area contributed by atoms with Gasteiger partial charge in [0.2, 0.25) is 0 Å². The second kappa shape index (κ2) is 5.69. The Balaban J connectivity index is 2.17. The predicted octanol–water partition coefficient (Wildman–Crippen LogP) is 1.26. The Kier molecular flexibility index (Phi) is 4.42. The second-order valence-electron chi connectivity index (χ2n) is 4.86. The van der Waals surface area contributed by atoms with Crippen molar-refractivity contribution in [1.29, 1.82) is 0 Å². The fourth-order valence-corrected chi connectivity index (χ4v) is 4.73. The Hall–Kier alpha value is -0.430. The molecular formula is C12H20N2O2S2. The van der Waals surface area contributed by atoms with Gasteiger partial charge in [0, 0.05) is 17.5 Å². The van der Waals surface area contributed by atoms with Crippen LogP contribution >= 0.6 is 11.3 Å². The first kappa shape index (κ1) is 14.0. The van der Waals surface area contributed by atoms with Gasteiger partial charge in [0.05, 0.1) is 17.5 Å². The average molecular weight is 288 g/mol. The van der Waals surface area contributed by atoms with Gasteiger partial charge in [-0.1, -0.05) is 6.07 Å². The Bertz CT molecular complexity index is 468. The third-order valence-electron chi connectivity index (χ3n) is 3.32. The monoisotopic (exact) mass is 288 g/mol. The van der Waals surface area contributed by atoms with E-state index in [1.165, 1.54) is 4.88 Å². The lowest BCUT2D eigenvalue weighted by atomic mass is 10.1. The number of sulfone groups is 1. The standard InChI is InChI=1S/C12H20N2O2S2/c1-10(13)12(11-4-2-7-17-11)14-5-3-8-18(15,16)9-6-14/h2,4,7,10,12H,3,5-6,8-9,13H2,1H3. The molecule has 2 heterocycles. The normalized spacial score (nSPS) is 24.3. The van der Waals surface area contributed by atoms with Crippen molar-refractivity contribution in [1.82, 2.24) is 4.90 Å². The van der Waals surface area contributed by atoms with E-state index in [2.05, 4.69) is 11.0 Å². The van der Waals surface area contributed by atoms with Crippen LogP contribution in [0.2, 0.25) is 0 Å². The smallest absolute Gasteiger partial charge is 0.151 e. The van der Waals surface area contributed by atoms with Gasteiger partial charge in [0.1, 0.15) is 0 Å². The zero-order valence-electron chi connectivity index (χ0n) is 10.6. The minimum Gasteiger partial charge on any atom is -0.326 e. The van der Waals surface area contributed by atoms with Gasteiger partial charge in [-0.25, -0.2) is 8.42 Å². The van der Waals surface area contributed by atoms with E-state index in [0.29, 0.717) is 18.7 Å². The van der Waals surface area contributed by atoms with Crippen LogP contribution in [0.3, 0.4) is 0 Å². The highest BCUT2D eigenvalue weighted by Crippen LogP contribution is 2.28. The van der Waals surface area contributed by atoms with Gasteiger partial charge < -0.3 is 5.73 Å². The highest BCUT2D eigenvalue weighted by molar-refractivity contribution is 7.91. The van der Waals surface area contributed by atoms with Crippen molar-refractivity contribution in [2.24, 2.45) is 5.73 Å². The molecule has 6 heteroatoms. The van der Waals surface area contributed by atoms with E-state index in [-0.39, 0.29) is 17.8 Å². The molecule has 1 aromatic rings. The first-order chi connectivity index (χ1) is 8.49. The Labute approximate surface area is 113 Å². The molecule has 0 amide bonds. The lowest BCUT2D eigenvalue weighted by Crippen LogP contribution is -2.40. The van der Waals surface area contributed by atoms with Crippen LogP contribution in [-0.4, -0.2) is 44.0 Å². The van der Waals surface area contributed by atoms with Gasteiger partial charge in [0.15, 0.2) is 9.84 Å². The van der Waals surface area contributed by atoms with Crippen LogP contribution in [0.4, 0.5) is 0 Å². The largest absolute Gasteiger partial charge is 0.326 e. The van der Waals surface area contributed by atoms with Gasteiger partial charge in [0.25, 0.3) is 0 Å². The molecule has 0 saturated carbocycles. The molecule has 1 fully saturated rings. The summed E-state index contributed by atoms with van der Waals surface area (Å²) < 4.78 is 23.3. The van der Waals surface area contributed by atoms with Gasteiger partial charge in [-0.3, -0.25) is 4.90 Å². The molecule has 102 valence electrons. The summed E-state index contributed by atoms with van der Waals surface area (Å²) in [6.07, 6.45) is 0.705. The Morgan fingerprint density at radius 2 is 2.17 bits per heavy atom. The topological polar surface area (TPSA) is 63.4 Å². The van der Waals surface area contributed by atoms with Crippen LogP contribution in [0.1, 0.15) is 24.3 Å². The van der Waals surface area contributed by atoms with Crippen molar-refractivity contribution in [3.05, 3.63) is 22.4 Å². The Morgan fingerprint density at radius 3 is 2.78 bits per heavy atom. The molecule has 0 aliphatic carbocycles. The van der Waals surface area contributed by atoms with Gasteiger partial charge >= 0.3 is 0 Å². The van der Waals surface area contributed by atoms with Crippen molar-refractivity contribution < 1.29 is 8.42 Å². The molecule has 2 unspecified atom stereocenters. The van der Waals surface area contributed by atoms with Crippen LogP contribution in [0, 0.1) is 0 Å². The zero-order chi connectivity index (χ0) is 13.2. The molecule has 2 N–H and O–H groups in total. The molecule has 2 rings (SSSR count). The molecular weight excluding hydrogens is 268 g/mol. The molecule has 1 aliphatic heterocycles. The molecule has 1 saturated heterocycles. The van der Waals surface area contributed by atoms with E-state index < -0.39 is 9.84 Å². The molecule has 2 atom stereocenters. The SMILES string of the molecule is CC(N)C(c1cccs1)N1CCCS(=O)(=O)CC1. The summed E-state index contributed by atoms with van der Waals surface area (Å²) in [4.78, 5) is 3.45. The highest BCUT2D eigenvalue weighted by Gasteiger charge is 2.28. The summed E-state index contributed by atoms with van der Waals surface area (Å²) in [7, 11) is -2.86. The maximum absolute atomic E-state index is 11.6. The van der Waals surface area contributed by atoms with E-state index >= 15 is 0 Å². The van der Waals surface area contributed by atoms with Crippen LogP contribution in [-0.2, 0) is 9.84 Å². The van der Waals surface area contributed by atoms with Crippen molar-refractivity contribution in [3.63, 3.8) is 0 Å². The summed E-state index contributed by atoms with van der Waals surface area (Å²) in [5, 5.41) is 2.04. The molecule has 1 aliphatic rings. The Morgan fingerprint density at radius 1 is 1.39 bits per heavy atom. The number of rotatable bonds is 3. The van der Waals surface area contributed by atoms with Crippen molar-refractivity contribution in [3.8, 4) is 0 Å². The molecule has 18 heavy (non-hydrogen) atoms. The van der Waals surface area contributed by atoms with Crippen LogP contribution in [0.25, 0.3) is 0 Å². The number of hydrogen-bond donors (Lipinski definition) is 1. The maximum atomic E-state index is 11.6. The number of nitrogens with zero attached hydrogens (tertiary/aromatic N) is 1. The van der Waals surface area contributed by atoms with Crippen LogP contribution in [0.15, 0.2) is 17.5 Å². The van der Waals surface area contributed by atoms with Gasteiger partial charge in [-0.2, -0.15) is 0 Å². The van der Waals surface area contributed by atoms with E-state index in [4.69, 9.17) is 5.73 Å². The fourth-order valence-electron chi connectivity index (χ4n) is 2.47. The maximum Gasteiger partial charge on any atom is 0.151 e. The third-order valence-corrected chi connectivity index (χ3v) is 5.97. The summed E-state index contributed by atoms with van der Waals surface area (Å²) >= 11 is 1.69. The second-order valence-corrected chi connectivity index (χ2v) is 8.14. The first-order valence-electron chi connectivity index (χ1n) is 6.23. The van der Waals surface area contributed by atoms with Crippen LogP contribution < -0.4 is 5.73 Å².